The van der Waals surface area contributed by atoms with E-state index in [2.05, 4.69) is 20.2 Å². The number of benzene rings is 1. The summed E-state index contributed by atoms with van der Waals surface area (Å²) in [5, 5.41) is 19.5. The summed E-state index contributed by atoms with van der Waals surface area (Å²) in [6, 6.07) is 10.2. The molecule has 0 saturated carbocycles. The van der Waals surface area contributed by atoms with Gasteiger partial charge < -0.3 is 15.8 Å². The molecule has 4 aromatic heterocycles. The van der Waals surface area contributed by atoms with Crippen LogP contribution >= 0.6 is 11.3 Å². The number of hydrogen-bond acceptors (Lipinski definition) is 5. The van der Waals surface area contributed by atoms with Gasteiger partial charge in [0.1, 0.15) is 5.69 Å². The summed E-state index contributed by atoms with van der Waals surface area (Å²) >= 11 is 1.52. The Hall–Kier alpha value is -3.98. The number of carboxylic acids is 1. The monoisotopic (exact) mass is 417 g/mol. The first-order valence-electron chi connectivity index (χ1n) is 9.04. The number of primary amides is 1. The van der Waals surface area contributed by atoms with Gasteiger partial charge in [-0.25, -0.2) is 4.79 Å². The summed E-state index contributed by atoms with van der Waals surface area (Å²) in [7, 11) is 0. The van der Waals surface area contributed by atoms with E-state index in [1.807, 2.05) is 11.4 Å². The van der Waals surface area contributed by atoms with E-state index in [1.165, 1.54) is 17.4 Å². The molecule has 5 rings (SSSR count). The van der Waals surface area contributed by atoms with Gasteiger partial charge in [-0.3, -0.25) is 14.9 Å². The summed E-state index contributed by atoms with van der Waals surface area (Å²) in [6.07, 6.45) is 3.23. The van der Waals surface area contributed by atoms with Gasteiger partial charge in [0.05, 0.1) is 27.4 Å². The van der Waals surface area contributed by atoms with E-state index in [0.29, 0.717) is 33.4 Å². The van der Waals surface area contributed by atoms with Gasteiger partial charge in [-0.1, -0.05) is 12.1 Å². The predicted octanol–water partition coefficient (Wildman–Crippen LogP) is 3.48. The van der Waals surface area contributed by atoms with Gasteiger partial charge >= 0.3 is 5.97 Å². The van der Waals surface area contributed by atoms with E-state index in [9.17, 15) is 14.7 Å². The van der Waals surface area contributed by atoms with Crippen molar-refractivity contribution in [3.63, 3.8) is 0 Å². The number of aromatic nitrogens is 4. The van der Waals surface area contributed by atoms with Crippen molar-refractivity contribution in [1.29, 1.82) is 0 Å². The lowest BCUT2D eigenvalue weighted by Crippen LogP contribution is -2.23. The standard InChI is InChI=1S/C21H15N5O3S/c22-20(27)15(11-2-1-6-23-9-11)16-12-4-3-10(21(28)29)8-14(12)24-17(16)18-19-13(25-26-18)5-7-30-19/h1-9,15,24H,(H2,22,27)(H,25,26)(H,28,29). The lowest BCUT2D eigenvalue weighted by molar-refractivity contribution is -0.118. The van der Waals surface area contributed by atoms with Crippen LogP contribution in [0.2, 0.25) is 0 Å². The van der Waals surface area contributed by atoms with Gasteiger partial charge in [0, 0.05) is 28.9 Å². The zero-order chi connectivity index (χ0) is 20.8. The molecule has 1 aromatic carbocycles. The smallest absolute Gasteiger partial charge is 0.335 e. The van der Waals surface area contributed by atoms with E-state index in [1.54, 1.807) is 36.7 Å². The number of thiophene rings is 1. The van der Waals surface area contributed by atoms with Crippen LogP contribution in [0, 0.1) is 0 Å². The number of carbonyl (C=O) groups excluding carboxylic acids is 1. The van der Waals surface area contributed by atoms with Crippen LogP contribution in [0.25, 0.3) is 32.5 Å². The van der Waals surface area contributed by atoms with Crippen LogP contribution in [0.4, 0.5) is 0 Å². The van der Waals surface area contributed by atoms with Gasteiger partial charge in [-0.2, -0.15) is 5.10 Å². The molecular weight excluding hydrogens is 402 g/mol. The molecule has 0 aliphatic heterocycles. The zero-order valence-electron chi connectivity index (χ0n) is 15.4. The molecule has 4 heterocycles. The largest absolute Gasteiger partial charge is 0.478 e. The first-order valence-corrected chi connectivity index (χ1v) is 9.92. The Morgan fingerprint density at radius 1 is 1.17 bits per heavy atom. The zero-order valence-corrected chi connectivity index (χ0v) is 16.2. The maximum Gasteiger partial charge on any atom is 0.335 e. The number of hydrogen-bond donors (Lipinski definition) is 4. The van der Waals surface area contributed by atoms with Crippen molar-refractivity contribution < 1.29 is 14.7 Å². The first kappa shape index (κ1) is 18.1. The van der Waals surface area contributed by atoms with Crippen LogP contribution < -0.4 is 5.73 Å². The quantitative estimate of drug-likeness (QED) is 0.347. The van der Waals surface area contributed by atoms with E-state index in [0.717, 1.165) is 10.2 Å². The minimum Gasteiger partial charge on any atom is -0.478 e. The maximum absolute atomic E-state index is 12.6. The highest BCUT2D eigenvalue weighted by atomic mass is 32.1. The van der Waals surface area contributed by atoms with Crippen LogP contribution in [-0.4, -0.2) is 37.1 Å². The maximum atomic E-state index is 12.6. The predicted molar refractivity (Wildman–Crippen MR) is 113 cm³/mol. The molecule has 9 heteroatoms. The second-order valence-corrected chi connectivity index (χ2v) is 7.75. The van der Waals surface area contributed by atoms with Gasteiger partial charge in [-0.05, 0) is 35.2 Å². The molecule has 1 atom stereocenters. The third kappa shape index (κ3) is 2.75. The van der Waals surface area contributed by atoms with Crippen LogP contribution in [0.5, 0.6) is 0 Å². The minimum atomic E-state index is -1.03. The number of aromatic amines is 2. The molecule has 0 aliphatic rings. The number of carboxylic acid groups (broad SMARTS) is 1. The van der Waals surface area contributed by atoms with Crippen molar-refractivity contribution >= 4 is 44.3 Å². The number of H-pyrrole nitrogens is 2. The lowest BCUT2D eigenvalue weighted by Gasteiger charge is -2.15. The first-order chi connectivity index (χ1) is 14.5. The summed E-state index contributed by atoms with van der Waals surface area (Å²) in [4.78, 5) is 31.5. The van der Waals surface area contributed by atoms with Gasteiger partial charge in [0.25, 0.3) is 0 Å². The third-order valence-electron chi connectivity index (χ3n) is 5.08. The molecule has 0 bridgehead atoms. The number of carbonyl (C=O) groups is 2. The van der Waals surface area contributed by atoms with Gasteiger partial charge in [0.15, 0.2) is 0 Å². The molecule has 30 heavy (non-hydrogen) atoms. The molecule has 0 fully saturated rings. The highest BCUT2D eigenvalue weighted by molar-refractivity contribution is 7.17. The van der Waals surface area contributed by atoms with Crippen molar-refractivity contribution in [1.82, 2.24) is 20.2 Å². The Balaban J connectivity index is 1.85. The average Bonchev–Trinajstić information content (AvgIpc) is 3.43. The molecule has 5 N–H and O–H groups in total. The molecule has 1 unspecified atom stereocenters. The average molecular weight is 417 g/mol. The molecule has 148 valence electrons. The Kier molecular flexibility index (Phi) is 4.11. The number of nitrogens with one attached hydrogen (secondary N) is 2. The fourth-order valence-corrected chi connectivity index (χ4v) is 4.62. The highest BCUT2D eigenvalue weighted by Gasteiger charge is 2.30. The molecule has 8 nitrogen and oxygen atoms in total. The normalized spacial score (nSPS) is 12.4. The van der Waals surface area contributed by atoms with E-state index in [-0.39, 0.29) is 5.56 Å². The molecule has 5 aromatic rings. The number of rotatable bonds is 5. The van der Waals surface area contributed by atoms with Crippen molar-refractivity contribution in [3.05, 3.63) is 70.9 Å². The Labute approximate surface area is 173 Å². The Morgan fingerprint density at radius 3 is 2.77 bits per heavy atom. The van der Waals surface area contributed by atoms with Crippen molar-refractivity contribution in [2.45, 2.75) is 5.92 Å². The molecular formula is C21H15N5O3S. The Morgan fingerprint density at radius 2 is 2.03 bits per heavy atom. The highest BCUT2D eigenvalue weighted by Crippen LogP contribution is 2.41. The van der Waals surface area contributed by atoms with Crippen molar-refractivity contribution in [3.8, 4) is 11.4 Å². The molecule has 0 radical (unpaired) electrons. The lowest BCUT2D eigenvalue weighted by atomic mass is 9.88. The summed E-state index contributed by atoms with van der Waals surface area (Å²) < 4.78 is 0.927. The topological polar surface area (TPSA) is 138 Å². The SMILES string of the molecule is NC(=O)C(c1cccnc1)c1c(-c2n[nH]c3ccsc23)[nH]c2cc(C(=O)O)ccc12. The van der Waals surface area contributed by atoms with Gasteiger partial charge in [0.2, 0.25) is 5.91 Å². The minimum absolute atomic E-state index is 0.141. The number of nitrogens with two attached hydrogens (primary N) is 1. The number of aromatic carboxylic acids is 1. The van der Waals surface area contributed by atoms with Crippen LogP contribution in [-0.2, 0) is 4.79 Å². The number of nitrogens with zero attached hydrogens (tertiary/aromatic N) is 2. The van der Waals surface area contributed by atoms with Crippen LogP contribution in [0.1, 0.15) is 27.4 Å². The van der Waals surface area contributed by atoms with E-state index >= 15 is 0 Å². The van der Waals surface area contributed by atoms with Crippen molar-refractivity contribution in [2.24, 2.45) is 5.73 Å². The summed E-state index contributed by atoms with van der Waals surface area (Å²) in [6.45, 7) is 0. The summed E-state index contributed by atoms with van der Waals surface area (Å²) in [5.74, 6) is -2.36. The molecule has 1 amide bonds. The second kappa shape index (κ2) is 6.82. The second-order valence-electron chi connectivity index (χ2n) is 6.84. The fraction of sp³-hybridized carbons (Fsp3) is 0.0476. The molecule has 0 saturated heterocycles. The van der Waals surface area contributed by atoms with Crippen LogP contribution in [0.15, 0.2) is 54.2 Å². The van der Waals surface area contributed by atoms with Gasteiger partial charge in [-0.15, -0.1) is 11.3 Å². The van der Waals surface area contributed by atoms with Crippen molar-refractivity contribution in [2.75, 3.05) is 0 Å². The van der Waals surface area contributed by atoms with E-state index < -0.39 is 17.8 Å². The van der Waals surface area contributed by atoms with E-state index in [4.69, 9.17) is 5.73 Å². The Bertz CT molecular complexity index is 1420. The fourth-order valence-electron chi connectivity index (χ4n) is 3.78. The molecule has 0 spiro atoms. The number of amides is 1. The summed E-state index contributed by atoms with van der Waals surface area (Å²) in [5.41, 5.74) is 10.0. The molecule has 0 aliphatic carbocycles. The number of fused-ring (bicyclic) bond motifs is 2. The van der Waals surface area contributed by atoms with Crippen LogP contribution in [0.3, 0.4) is 0 Å². The third-order valence-corrected chi connectivity index (χ3v) is 6.00. The number of pyridine rings is 1.